The fourth-order valence-electron chi connectivity index (χ4n) is 2.31. The zero-order valence-electron chi connectivity index (χ0n) is 11.7. The van der Waals surface area contributed by atoms with Gasteiger partial charge in [0.15, 0.2) is 0 Å². The van der Waals surface area contributed by atoms with Crippen molar-refractivity contribution < 1.29 is 4.79 Å². The van der Waals surface area contributed by atoms with E-state index in [4.69, 9.17) is 5.73 Å². The molecule has 0 bridgehead atoms. The number of hydrogen-bond donors (Lipinski definition) is 1. The number of likely N-dealkylation sites (N-methyl/N-ethyl adjacent to an activating group) is 1. The van der Waals surface area contributed by atoms with Crippen molar-refractivity contribution in [1.82, 2.24) is 4.90 Å². The van der Waals surface area contributed by atoms with Crippen LogP contribution in [0.25, 0.3) is 0 Å². The molecule has 1 amide bonds. The quantitative estimate of drug-likeness (QED) is 0.905. The van der Waals surface area contributed by atoms with E-state index in [0.717, 1.165) is 12.0 Å². The lowest BCUT2D eigenvalue weighted by molar-refractivity contribution is -0.130. The molecule has 0 aliphatic heterocycles. The van der Waals surface area contributed by atoms with Crippen molar-refractivity contribution in [2.45, 2.75) is 12.5 Å². The number of amides is 1. The molecule has 0 saturated carbocycles. The van der Waals surface area contributed by atoms with E-state index in [1.807, 2.05) is 55.6 Å². The molecular formula is C17H20N2O. The third kappa shape index (κ3) is 3.45. The van der Waals surface area contributed by atoms with Crippen molar-refractivity contribution >= 4 is 5.91 Å². The van der Waals surface area contributed by atoms with Crippen molar-refractivity contribution in [3.63, 3.8) is 0 Å². The standard InChI is InChI=1S/C17H20N2O/c1-19(17(20)13-18)16(15-10-6-3-7-11-15)12-14-8-4-2-5-9-14/h2-11,16H,12-13,18H2,1H3. The van der Waals surface area contributed by atoms with E-state index >= 15 is 0 Å². The smallest absolute Gasteiger partial charge is 0.236 e. The first kappa shape index (κ1) is 14.3. The summed E-state index contributed by atoms with van der Waals surface area (Å²) in [6, 6.07) is 20.3. The van der Waals surface area contributed by atoms with Crippen molar-refractivity contribution in [1.29, 1.82) is 0 Å². The van der Waals surface area contributed by atoms with Crippen molar-refractivity contribution in [3.05, 3.63) is 71.8 Å². The summed E-state index contributed by atoms with van der Waals surface area (Å²) in [6.45, 7) is 0.0363. The Balaban J connectivity index is 2.27. The Hall–Kier alpha value is -2.13. The second-order valence-corrected chi connectivity index (χ2v) is 4.82. The molecule has 104 valence electrons. The van der Waals surface area contributed by atoms with Crippen LogP contribution in [0, 0.1) is 0 Å². The van der Waals surface area contributed by atoms with Crippen LogP contribution in [-0.2, 0) is 11.2 Å². The lowest BCUT2D eigenvalue weighted by Gasteiger charge is -2.28. The monoisotopic (exact) mass is 268 g/mol. The van der Waals surface area contributed by atoms with Crippen LogP contribution in [0.15, 0.2) is 60.7 Å². The number of nitrogens with zero attached hydrogens (tertiary/aromatic N) is 1. The maximum absolute atomic E-state index is 11.9. The molecule has 2 aromatic rings. The Bertz CT molecular complexity index is 539. The summed E-state index contributed by atoms with van der Waals surface area (Å²) in [4.78, 5) is 13.7. The van der Waals surface area contributed by atoms with E-state index in [1.54, 1.807) is 4.90 Å². The Morgan fingerprint density at radius 2 is 1.60 bits per heavy atom. The Morgan fingerprint density at radius 3 is 2.15 bits per heavy atom. The van der Waals surface area contributed by atoms with Crippen molar-refractivity contribution in [2.75, 3.05) is 13.6 Å². The number of benzene rings is 2. The highest BCUT2D eigenvalue weighted by Crippen LogP contribution is 2.23. The van der Waals surface area contributed by atoms with Crippen molar-refractivity contribution in [3.8, 4) is 0 Å². The molecule has 0 spiro atoms. The van der Waals surface area contributed by atoms with Crippen LogP contribution < -0.4 is 5.73 Å². The van der Waals surface area contributed by atoms with E-state index in [9.17, 15) is 4.79 Å². The topological polar surface area (TPSA) is 46.3 Å². The predicted molar refractivity (Wildman–Crippen MR) is 81.2 cm³/mol. The lowest BCUT2D eigenvalue weighted by Crippen LogP contribution is -2.36. The summed E-state index contributed by atoms with van der Waals surface area (Å²) in [5, 5.41) is 0. The average Bonchev–Trinajstić information content (AvgIpc) is 2.53. The third-order valence-corrected chi connectivity index (χ3v) is 3.49. The molecular weight excluding hydrogens is 248 g/mol. The van der Waals surface area contributed by atoms with Crippen molar-refractivity contribution in [2.24, 2.45) is 5.73 Å². The van der Waals surface area contributed by atoms with Crippen LogP contribution in [0.1, 0.15) is 17.2 Å². The van der Waals surface area contributed by atoms with Gasteiger partial charge in [-0.2, -0.15) is 0 Å². The summed E-state index contributed by atoms with van der Waals surface area (Å²) in [7, 11) is 1.82. The van der Waals surface area contributed by atoms with Gasteiger partial charge in [-0.3, -0.25) is 4.79 Å². The fourth-order valence-corrected chi connectivity index (χ4v) is 2.31. The molecule has 3 nitrogen and oxygen atoms in total. The van der Waals surface area contributed by atoms with Crippen LogP contribution >= 0.6 is 0 Å². The van der Waals surface area contributed by atoms with Gasteiger partial charge in [-0.05, 0) is 17.5 Å². The molecule has 0 heterocycles. The van der Waals surface area contributed by atoms with Crippen LogP contribution in [-0.4, -0.2) is 24.4 Å². The molecule has 0 fully saturated rings. The van der Waals surface area contributed by atoms with E-state index in [-0.39, 0.29) is 18.5 Å². The van der Waals surface area contributed by atoms with Gasteiger partial charge in [-0.15, -0.1) is 0 Å². The molecule has 2 rings (SSSR count). The van der Waals surface area contributed by atoms with Gasteiger partial charge in [0, 0.05) is 7.05 Å². The maximum atomic E-state index is 11.9. The summed E-state index contributed by atoms with van der Waals surface area (Å²) < 4.78 is 0. The van der Waals surface area contributed by atoms with Crippen LogP contribution in [0.2, 0.25) is 0 Å². The van der Waals surface area contributed by atoms with E-state index in [0.29, 0.717) is 0 Å². The molecule has 20 heavy (non-hydrogen) atoms. The first-order valence-corrected chi connectivity index (χ1v) is 6.77. The van der Waals surface area contributed by atoms with Gasteiger partial charge in [-0.1, -0.05) is 60.7 Å². The second-order valence-electron chi connectivity index (χ2n) is 4.82. The second kappa shape index (κ2) is 6.87. The van der Waals surface area contributed by atoms with E-state index in [1.165, 1.54) is 5.56 Å². The van der Waals surface area contributed by atoms with E-state index < -0.39 is 0 Å². The summed E-state index contributed by atoms with van der Waals surface area (Å²) in [5.74, 6) is -0.0465. The number of carbonyl (C=O) groups is 1. The molecule has 0 aliphatic rings. The third-order valence-electron chi connectivity index (χ3n) is 3.49. The molecule has 0 radical (unpaired) electrons. The minimum absolute atomic E-state index is 0.00894. The number of carbonyl (C=O) groups excluding carboxylic acids is 1. The van der Waals surface area contributed by atoms with Crippen LogP contribution in [0.5, 0.6) is 0 Å². The number of hydrogen-bond acceptors (Lipinski definition) is 2. The van der Waals surface area contributed by atoms with Gasteiger partial charge in [0.2, 0.25) is 5.91 Å². The molecule has 0 saturated heterocycles. The fraction of sp³-hybridized carbons (Fsp3) is 0.235. The van der Waals surface area contributed by atoms with Gasteiger partial charge in [-0.25, -0.2) is 0 Å². The first-order chi connectivity index (χ1) is 9.72. The molecule has 2 aromatic carbocycles. The lowest BCUT2D eigenvalue weighted by atomic mass is 9.97. The molecule has 3 heteroatoms. The minimum Gasteiger partial charge on any atom is -0.337 e. The largest absolute Gasteiger partial charge is 0.337 e. The van der Waals surface area contributed by atoms with Crippen LogP contribution in [0.4, 0.5) is 0 Å². The van der Waals surface area contributed by atoms with Crippen LogP contribution in [0.3, 0.4) is 0 Å². The summed E-state index contributed by atoms with van der Waals surface area (Å²) in [5.41, 5.74) is 7.82. The highest BCUT2D eigenvalue weighted by molar-refractivity contribution is 5.78. The molecule has 1 unspecified atom stereocenters. The minimum atomic E-state index is -0.0465. The predicted octanol–water partition coefficient (Wildman–Crippen LogP) is 2.39. The number of nitrogens with two attached hydrogens (primary N) is 1. The van der Waals surface area contributed by atoms with Gasteiger partial charge in [0.05, 0.1) is 12.6 Å². The highest BCUT2D eigenvalue weighted by Gasteiger charge is 2.20. The van der Waals surface area contributed by atoms with E-state index in [2.05, 4.69) is 12.1 Å². The molecule has 1 atom stereocenters. The van der Waals surface area contributed by atoms with Gasteiger partial charge in [0.25, 0.3) is 0 Å². The molecule has 2 N–H and O–H groups in total. The Kier molecular flexibility index (Phi) is 4.91. The Labute approximate surface area is 120 Å². The van der Waals surface area contributed by atoms with Gasteiger partial charge >= 0.3 is 0 Å². The normalized spacial score (nSPS) is 11.9. The maximum Gasteiger partial charge on any atom is 0.236 e. The average molecular weight is 268 g/mol. The molecule has 0 aromatic heterocycles. The highest BCUT2D eigenvalue weighted by atomic mass is 16.2. The van der Waals surface area contributed by atoms with Gasteiger partial charge < -0.3 is 10.6 Å². The zero-order chi connectivity index (χ0) is 14.4. The van der Waals surface area contributed by atoms with Gasteiger partial charge in [0.1, 0.15) is 0 Å². The SMILES string of the molecule is CN(C(=O)CN)C(Cc1ccccc1)c1ccccc1. The molecule has 0 aliphatic carbocycles. The zero-order valence-corrected chi connectivity index (χ0v) is 11.7. The summed E-state index contributed by atoms with van der Waals surface area (Å²) >= 11 is 0. The first-order valence-electron chi connectivity index (χ1n) is 6.77. The summed E-state index contributed by atoms with van der Waals surface area (Å²) in [6.07, 6.45) is 0.785. The Morgan fingerprint density at radius 1 is 1.05 bits per heavy atom. The number of rotatable bonds is 5.